The molecule has 15 heavy (non-hydrogen) atoms. The number of hydrogen-bond donors (Lipinski definition) is 1. The molecule has 0 radical (unpaired) electrons. The number of ether oxygens (including phenoxy) is 1. The van der Waals surface area contributed by atoms with Crippen molar-refractivity contribution in [3.63, 3.8) is 0 Å². The van der Waals surface area contributed by atoms with E-state index in [1.807, 2.05) is 23.6 Å². The summed E-state index contributed by atoms with van der Waals surface area (Å²) in [5, 5.41) is 11.9. The van der Waals surface area contributed by atoms with Crippen LogP contribution in [0.15, 0.2) is 34.3 Å². The fourth-order valence-corrected chi connectivity index (χ4v) is 2.28. The third kappa shape index (κ3) is 2.22. The minimum Gasteiger partial charge on any atom is -0.495 e. The molecule has 0 amide bonds. The summed E-state index contributed by atoms with van der Waals surface area (Å²) in [5.41, 5.74) is 0. The Morgan fingerprint density at radius 2 is 2.40 bits per heavy atom. The van der Waals surface area contributed by atoms with Gasteiger partial charge in [-0.05, 0) is 23.6 Å². The van der Waals surface area contributed by atoms with Gasteiger partial charge in [0.2, 0.25) is 0 Å². The molecule has 0 aliphatic heterocycles. The number of hydrogen-bond acceptors (Lipinski definition) is 4. The number of aliphatic hydroxyl groups excluding tert-OH is 1. The van der Waals surface area contributed by atoms with E-state index in [0.717, 1.165) is 16.4 Å². The Morgan fingerprint density at radius 3 is 3.07 bits per heavy atom. The van der Waals surface area contributed by atoms with Gasteiger partial charge in [0.1, 0.15) is 11.5 Å². The Labute approximate surface area is 91.9 Å². The molecule has 0 aliphatic rings. The Balaban J connectivity index is 2.11. The molecular weight excluding hydrogens is 212 g/mol. The first-order valence-electron chi connectivity index (χ1n) is 4.63. The van der Waals surface area contributed by atoms with Gasteiger partial charge in [-0.3, -0.25) is 0 Å². The van der Waals surface area contributed by atoms with Crippen LogP contribution in [0, 0.1) is 0 Å². The zero-order chi connectivity index (χ0) is 10.7. The van der Waals surface area contributed by atoms with Crippen LogP contribution in [0.2, 0.25) is 0 Å². The summed E-state index contributed by atoms with van der Waals surface area (Å²) in [7, 11) is 1.60. The molecule has 3 nitrogen and oxygen atoms in total. The molecule has 0 bridgehead atoms. The zero-order valence-electron chi connectivity index (χ0n) is 8.34. The molecule has 4 heteroatoms. The van der Waals surface area contributed by atoms with Crippen LogP contribution in [0.3, 0.4) is 0 Å². The second-order valence-corrected chi connectivity index (χ2v) is 4.10. The maximum atomic E-state index is 9.96. The predicted octanol–water partition coefficient (Wildman–Crippen LogP) is 2.63. The van der Waals surface area contributed by atoms with Gasteiger partial charge in [0.25, 0.3) is 0 Å². The molecule has 1 unspecified atom stereocenters. The molecule has 0 aromatic carbocycles. The first-order chi connectivity index (χ1) is 7.31. The molecular formula is C11H12O3S. The lowest BCUT2D eigenvalue weighted by molar-refractivity contribution is 0.170. The summed E-state index contributed by atoms with van der Waals surface area (Å²) in [6.07, 6.45) is 1.52. The van der Waals surface area contributed by atoms with Crippen molar-refractivity contribution in [2.75, 3.05) is 7.11 Å². The molecule has 0 fully saturated rings. The maximum Gasteiger partial charge on any atom is 0.135 e. The SMILES string of the molecule is COc1ccsc1C(O)Cc1ccco1. The summed E-state index contributed by atoms with van der Waals surface area (Å²) in [5.74, 6) is 1.51. The van der Waals surface area contributed by atoms with E-state index in [0.29, 0.717) is 6.42 Å². The van der Waals surface area contributed by atoms with Crippen LogP contribution >= 0.6 is 11.3 Å². The third-order valence-electron chi connectivity index (χ3n) is 2.15. The van der Waals surface area contributed by atoms with Crippen LogP contribution in [0.5, 0.6) is 5.75 Å². The average molecular weight is 224 g/mol. The van der Waals surface area contributed by atoms with Crippen molar-refractivity contribution in [1.82, 2.24) is 0 Å². The van der Waals surface area contributed by atoms with Crippen molar-refractivity contribution in [1.29, 1.82) is 0 Å². The first-order valence-corrected chi connectivity index (χ1v) is 5.51. The fourth-order valence-electron chi connectivity index (χ4n) is 1.43. The highest BCUT2D eigenvalue weighted by Gasteiger charge is 2.16. The Bertz CT molecular complexity index is 405. The summed E-state index contributed by atoms with van der Waals surface area (Å²) >= 11 is 1.49. The van der Waals surface area contributed by atoms with Crippen molar-refractivity contribution in [2.45, 2.75) is 12.5 Å². The Morgan fingerprint density at radius 1 is 1.53 bits per heavy atom. The molecule has 0 saturated heterocycles. The molecule has 1 N–H and O–H groups in total. The summed E-state index contributed by atoms with van der Waals surface area (Å²) in [4.78, 5) is 0.842. The van der Waals surface area contributed by atoms with Gasteiger partial charge in [-0.1, -0.05) is 0 Å². The lowest BCUT2D eigenvalue weighted by atomic mass is 10.2. The van der Waals surface area contributed by atoms with Gasteiger partial charge in [-0.15, -0.1) is 11.3 Å². The molecule has 2 rings (SSSR count). The number of methoxy groups -OCH3 is 1. The van der Waals surface area contributed by atoms with Crippen LogP contribution in [0.4, 0.5) is 0 Å². The van der Waals surface area contributed by atoms with E-state index in [1.54, 1.807) is 13.4 Å². The van der Waals surface area contributed by atoms with Crippen molar-refractivity contribution in [2.24, 2.45) is 0 Å². The standard InChI is InChI=1S/C11H12O3S/c1-13-10-4-6-15-11(10)9(12)7-8-3-2-5-14-8/h2-6,9,12H,7H2,1H3. The van der Waals surface area contributed by atoms with E-state index in [2.05, 4.69) is 0 Å². The number of aliphatic hydroxyl groups is 1. The summed E-state index contributed by atoms with van der Waals surface area (Å²) in [6, 6.07) is 5.52. The normalized spacial score (nSPS) is 12.7. The molecule has 1 atom stereocenters. The quantitative estimate of drug-likeness (QED) is 0.868. The average Bonchev–Trinajstić information content (AvgIpc) is 2.86. The topological polar surface area (TPSA) is 42.6 Å². The summed E-state index contributed by atoms with van der Waals surface area (Å²) in [6.45, 7) is 0. The number of rotatable bonds is 4. The fraction of sp³-hybridized carbons (Fsp3) is 0.273. The monoisotopic (exact) mass is 224 g/mol. The van der Waals surface area contributed by atoms with E-state index in [-0.39, 0.29) is 0 Å². The minimum atomic E-state index is -0.564. The van der Waals surface area contributed by atoms with Crippen molar-refractivity contribution in [3.05, 3.63) is 40.5 Å². The van der Waals surface area contributed by atoms with Gasteiger partial charge in [0, 0.05) is 6.42 Å². The van der Waals surface area contributed by atoms with Gasteiger partial charge in [0.05, 0.1) is 24.4 Å². The minimum absolute atomic E-state index is 0.476. The lowest BCUT2D eigenvalue weighted by Crippen LogP contribution is -2.00. The molecule has 2 aromatic rings. The van der Waals surface area contributed by atoms with Gasteiger partial charge in [-0.25, -0.2) is 0 Å². The van der Waals surface area contributed by atoms with Gasteiger partial charge in [0.15, 0.2) is 0 Å². The van der Waals surface area contributed by atoms with Crippen LogP contribution in [-0.2, 0) is 6.42 Å². The van der Waals surface area contributed by atoms with Crippen molar-refractivity contribution >= 4 is 11.3 Å². The van der Waals surface area contributed by atoms with E-state index in [1.165, 1.54) is 11.3 Å². The molecule has 2 heterocycles. The Hall–Kier alpha value is -1.26. The van der Waals surface area contributed by atoms with E-state index in [9.17, 15) is 5.11 Å². The molecule has 80 valence electrons. The van der Waals surface area contributed by atoms with Crippen LogP contribution in [0.1, 0.15) is 16.7 Å². The third-order valence-corrected chi connectivity index (χ3v) is 3.15. The lowest BCUT2D eigenvalue weighted by Gasteiger charge is -2.08. The van der Waals surface area contributed by atoms with Crippen LogP contribution < -0.4 is 4.74 Å². The van der Waals surface area contributed by atoms with Crippen LogP contribution in [0.25, 0.3) is 0 Å². The largest absolute Gasteiger partial charge is 0.495 e. The smallest absolute Gasteiger partial charge is 0.135 e. The van der Waals surface area contributed by atoms with E-state index >= 15 is 0 Å². The van der Waals surface area contributed by atoms with Crippen molar-refractivity contribution < 1.29 is 14.3 Å². The summed E-state index contributed by atoms with van der Waals surface area (Å²) < 4.78 is 10.3. The van der Waals surface area contributed by atoms with Crippen molar-refractivity contribution in [3.8, 4) is 5.75 Å². The second kappa shape index (κ2) is 4.51. The second-order valence-electron chi connectivity index (χ2n) is 3.15. The molecule has 0 saturated carbocycles. The van der Waals surface area contributed by atoms with Gasteiger partial charge >= 0.3 is 0 Å². The highest BCUT2D eigenvalue weighted by Crippen LogP contribution is 2.32. The van der Waals surface area contributed by atoms with E-state index < -0.39 is 6.10 Å². The predicted molar refractivity (Wildman–Crippen MR) is 58.2 cm³/mol. The first kappa shape index (κ1) is 10.3. The highest BCUT2D eigenvalue weighted by atomic mass is 32.1. The molecule has 0 aliphatic carbocycles. The number of furan rings is 1. The Kier molecular flexibility index (Phi) is 3.08. The van der Waals surface area contributed by atoms with E-state index in [4.69, 9.17) is 9.15 Å². The maximum absolute atomic E-state index is 9.96. The zero-order valence-corrected chi connectivity index (χ0v) is 9.16. The van der Waals surface area contributed by atoms with Crippen LogP contribution in [-0.4, -0.2) is 12.2 Å². The highest BCUT2D eigenvalue weighted by molar-refractivity contribution is 7.10. The number of thiophene rings is 1. The molecule has 0 spiro atoms. The molecule has 2 aromatic heterocycles. The van der Waals surface area contributed by atoms with Gasteiger partial charge in [-0.2, -0.15) is 0 Å². The van der Waals surface area contributed by atoms with Gasteiger partial charge < -0.3 is 14.3 Å².